The number of ketones is 1. The van der Waals surface area contributed by atoms with Crippen LogP contribution in [0.15, 0.2) is 41.9 Å². The lowest BCUT2D eigenvalue weighted by Gasteiger charge is -1.99. The van der Waals surface area contributed by atoms with E-state index in [1.807, 2.05) is 30.3 Å². The van der Waals surface area contributed by atoms with Gasteiger partial charge in [-0.1, -0.05) is 35.5 Å². The van der Waals surface area contributed by atoms with Gasteiger partial charge in [0.25, 0.3) is 5.91 Å². The monoisotopic (exact) mass is 327 g/mol. The first-order valence-electron chi connectivity index (χ1n) is 6.83. The Hall–Kier alpha value is -2.87. The van der Waals surface area contributed by atoms with Gasteiger partial charge in [-0.3, -0.25) is 14.9 Å². The van der Waals surface area contributed by atoms with Crippen molar-refractivity contribution < 1.29 is 9.59 Å². The molecule has 3 rings (SSSR count). The molecule has 0 aliphatic heterocycles. The van der Waals surface area contributed by atoms with E-state index in [-0.39, 0.29) is 11.5 Å². The van der Waals surface area contributed by atoms with Gasteiger partial charge in [-0.25, -0.2) is 9.67 Å². The van der Waals surface area contributed by atoms with Crippen LogP contribution in [0.2, 0.25) is 0 Å². The molecule has 0 aliphatic carbocycles. The lowest BCUT2D eigenvalue weighted by atomic mass is 10.2. The Kier molecular flexibility index (Phi) is 4.24. The van der Waals surface area contributed by atoms with E-state index < -0.39 is 5.91 Å². The standard InChI is InChI=1S/C15H13N5O2S/c1-10(21)13-9-23-15(16-13)17-14(22)12-8-20(19-18-12)7-11-5-3-2-4-6-11/h2-6,8-9H,7H2,1H3,(H,16,17,22). The van der Waals surface area contributed by atoms with E-state index in [1.54, 1.807) is 16.3 Å². The second-order valence-electron chi connectivity index (χ2n) is 4.84. The van der Waals surface area contributed by atoms with Gasteiger partial charge in [0.15, 0.2) is 16.6 Å². The van der Waals surface area contributed by atoms with Gasteiger partial charge in [0.2, 0.25) is 0 Å². The van der Waals surface area contributed by atoms with E-state index in [0.717, 1.165) is 5.56 Å². The van der Waals surface area contributed by atoms with Gasteiger partial charge in [0.1, 0.15) is 5.69 Å². The molecule has 0 unspecified atom stereocenters. The summed E-state index contributed by atoms with van der Waals surface area (Å²) in [5, 5.41) is 12.4. The van der Waals surface area contributed by atoms with E-state index in [4.69, 9.17) is 0 Å². The van der Waals surface area contributed by atoms with E-state index in [1.165, 1.54) is 18.3 Å². The molecule has 116 valence electrons. The number of thiazole rings is 1. The van der Waals surface area contributed by atoms with E-state index in [9.17, 15) is 9.59 Å². The van der Waals surface area contributed by atoms with Gasteiger partial charge >= 0.3 is 0 Å². The molecule has 0 bridgehead atoms. The molecule has 2 aromatic heterocycles. The first-order valence-corrected chi connectivity index (χ1v) is 7.71. The van der Waals surface area contributed by atoms with Crippen molar-refractivity contribution in [1.82, 2.24) is 20.0 Å². The van der Waals surface area contributed by atoms with Crippen LogP contribution < -0.4 is 5.32 Å². The maximum Gasteiger partial charge on any atom is 0.279 e. The van der Waals surface area contributed by atoms with Gasteiger partial charge in [-0.05, 0) is 5.56 Å². The second-order valence-corrected chi connectivity index (χ2v) is 5.69. The fourth-order valence-electron chi connectivity index (χ4n) is 1.90. The number of benzene rings is 1. The highest BCUT2D eigenvalue weighted by atomic mass is 32.1. The molecule has 0 saturated carbocycles. The van der Waals surface area contributed by atoms with Crippen LogP contribution in [0.5, 0.6) is 0 Å². The highest BCUT2D eigenvalue weighted by Crippen LogP contribution is 2.16. The van der Waals surface area contributed by atoms with Gasteiger partial charge in [-0.2, -0.15) is 0 Å². The second kappa shape index (κ2) is 6.49. The number of carbonyl (C=O) groups excluding carboxylic acids is 2. The summed E-state index contributed by atoms with van der Waals surface area (Å²) in [5.74, 6) is -0.552. The SMILES string of the molecule is CC(=O)c1csc(NC(=O)c2cn(Cc3ccccc3)nn2)n1. The molecule has 8 heteroatoms. The zero-order chi connectivity index (χ0) is 16.2. The van der Waals surface area contributed by atoms with Gasteiger partial charge < -0.3 is 0 Å². The summed E-state index contributed by atoms with van der Waals surface area (Å²) in [6.45, 7) is 1.96. The Labute approximate surface area is 136 Å². The van der Waals surface area contributed by atoms with E-state index in [2.05, 4.69) is 20.6 Å². The molecule has 0 aliphatic rings. The maximum absolute atomic E-state index is 12.1. The topological polar surface area (TPSA) is 89.8 Å². The predicted octanol–water partition coefficient (Wildman–Crippen LogP) is 2.24. The largest absolute Gasteiger partial charge is 0.296 e. The molecule has 1 N–H and O–H groups in total. The van der Waals surface area contributed by atoms with Crippen molar-refractivity contribution >= 4 is 28.2 Å². The molecule has 0 atom stereocenters. The van der Waals surface area contributed by atoms with Crippen LogP contribution in [-0.2, 0) is 6.54 Å². The third-order valence-corrected chi connectivity index (χ3v) is 3.80. The number of carbonyl (C=O) groups is 2. The summed E-state index contributed by atoms with van der Waals surface area (Å²) in [6.07, 6.45) is 1.57. The summed E-state index contributed by atoms with van der Waals surface area (Å²) in [4.78, 5) is 27.3. The van der Waals surface area contributed by atoms with Crippen LogP contribution in [0.4, 0.5) is 5.13 Å². The van der Waals surface area contributed by atoms with Crippen molar-refractivity contribution in [3.63, 3.8) is 0 Å². The molecule has 0 saturated heterocycles. The van der Waals surface area contributed by atoms with Crippen molar-refractivity contribution in [2.24, 2.45) is 0 Å². The summed E-state index contributed by atoms with van der Waals surface area (Å²) in [5.41, 5.74) is 1.59. The summed E-state index contributed by atoms with van der Waals surface area (Å²) >= 11 is 1.19. The Morgan fingerprint density at radius 3 is 2.70 bits per heavy atom. The van der Waals surface area contributed by atoms with Crippen LogP contribution in [0, 0.1) is 0 Å². The normalized spacial score (nSPS) is 10.5. The third-order valence-electron chi connectivity index (χ3n) is 3.04. The van der Waals surface area contributed by atoms with Gasteiger partial charge in [-0.15, -0.1) is 16.4 Å². The van der Waals surface area contributed by atoms with E-state index in [0.29, 0.717) is 17.4 Å². The van der Waals surface area contributed by atoms with Crippen LogP contribution in [0.25, 0.3) is 0 Å². The van der Waals surface area contributed by atoms with Crippen LogP contribution in [-0.4, -0.2) is 31.7 Å². The fraction of sp³-hybridized carbons (Fsp3) is 0.133. The van der Waals surface area contributed by atoms with Crippen LogP contribution >= 0.6 is 11.3 Å². The van der Waals surface area contributed by atoms with Crippen molar-refractivity contribution in [1.29, 1.82) is 0 Å². The molecule has 0 spiro atoms. The number of amides is 1. The summed E-state index contributed by atoms with van der Waals surface area (Å²) in [6, 6.07) is 9.76. The maximum atomic E-state index is 12.1. The number of Topliss-reactive ketones (excluding diaryl/α,β-unsaturated/α-hetero) is 1. The van der Waals surface area contributed by atoms with Gasteiger partial charge in [0, 0.05) is 12.3 Å². The quantitative estimate of drug-likeness (QED) is 0.726. The molecule has 7 nitrogen and oxygen atoms in total. The molecule has 1 aromatic carbocycles. The average molecular weight is 327 g/mol. The zero-order valence-corrected chi connectivity index (χ0v) is 13.1. The van der Waals surface area contributed by atoms with Crippen molar-refractivity contribution in [3.05, 3.63) is 58.9 Å². The molecule has 3 aromatic rings. The molecule has 0 fully saturated rings. The minimum absolute atomic E-state index is 0.143. The highest BCUT2D eigenvalue weighted by molar-refractivity contribution is 7.14. The number of nitrogens with one attached hydrogen (secondary N) is 1. The Morgan fingerprint density at radius 2 is 2.00 bits per heavy atom. The molecular weight excluding hydrogens is 314 g/mol. The highest BCUT2D eigenvalue weighted by Gasteiger charge is 2.14. The van der Waals surface area contributed by atoms with Crippen molar-refractivity contribution in [3.8, 4) is 0 Å². The number of aromatic nitrogens is 4. The fourth-order valence-corrected chi connectivity index (χ4v) is 2.65. The smallest absolute Gasteiger partial charge is 0.279 e. The molecule has 0 radical (unpaired) electrons. The summed E-state index contributed by atoms with van der Waals surface area (Å²) < 4.78 is 1.59. The number of anilines is 1. The number of hydrogen-bond acceptors (Lipinski definition) is 6. The first-order chi connectivity index (χ1) is 11.1. The van der Waals surface area contributed by atoms with Crippen molar-refractivity contribution in [2.45, 2.75) is 13.5 Å². The Bertz CT molecular complexity index is 840. The average Bonchev–Trinajstić information content (AvgIpc) is 3.18. The van der Waals surface area contributed by atoms with Crippen LogP contribution in [0.1, 0.15) is 33.5 Å². The Balaban J connectivity index is 1.67. The first kappa shape index (κ1) is 15.0. The zero-order valence-electron chi connectivity index (χ0n) is 12.3. The van der Waals surface area contributed by atoms with Crippen molar-refractivity contribution in [2.75, 3.05) is 5.32 Å². The Morgan fingerprint density at radius 1 is 1.22 bits per heavy atom. The number of nitrogens with zero attached hydrogens (tertiary/aromatic N) is 4. The van der Waals surface area contributed by atoms with E-state index >= 15 is 0 Å². The molecule has 1 amide bonds. The molecule has 2 heterocycles. The minimum atomic E-state index is -0.409. The lowest BCUT2D eigenvalue weighted by molar-refractivity contribution is 0.100. The lowest BCUT2D eigenvalue weighted by Crippen LogP contribution is -2.12. The third kappa shape index (κ3) is 3.67. The number of hydrogen-bond donors (Lipinski definition) is 1. The van der Waals surface area contributed by atoms with Crippen LogP contribution in [0.3, 0.4) is 0 Å². The summed E-state index contributed by atoms with van der Waals surface area (Å²) in [7, 11) is 0. The van der Waals surface area contributed by atoms with Gasteiger partial charge in [0.05, 0.1) is 12.7 Å². The molecule has 23 heavy (non-hydrogen) atoms. The number of rotatable bonds is 5. The minimum Gasteiger partial charge on any atom is -0.296 e. The molecular formula is C15H13N5O2S. The predicted molar refractivity (Wildman–Crippen MR) is 85.6 cm³/mol.